The lowest BCUT2D eigenvalue weighted by atomic mass is 9.99. The molecule has 1 fully saturated rings. The predicted octanol–water partition coefficient (Wildman–Crippen LogP) is 3.33. The summed E-state index contributed by atoms with van der Waals surface area (Å²) in [7, 11) is 1.22. The molecule has 1 aromatic heterocycles. The zero-order chi connectivity index (χ0) is 18.7. The van der Waals surface area contributed by atoms with Crippen LogP contribution in [0.3, 0.4) is 0 Å². The van der Waals surface area contributed by atoms with Crippen LogP contribution in [0, 0.1) is 10.1 Å². The summed E-state index contributed by atoms with van der Waals surface area (Å²) >= 11 is 0. The van der Waals surface area contributed by atoms with Crippen LogP contribution in [-0.2, 0) is 11.3 Å². The van der Waals surface area contributed by atoms with E-state index in [1.54, 1.807) is 18.3 Å². The first-order valence-corrected chi connectivity index (χ1v) is 8.71. The van der Waals surface area contributed by atoms with Gasteiger partial charge in [-0.25, -0.2) is 9.78 Å². The van der Waals surface area contributed by atoms with Crippen molar-refractivity contribution in [2.24, 2.45) is 0 Å². The van der Waals surface area contributed by atoms with E-state index in [-0.39, 0.29) is 17.3 Å². The molecule has 0 aliphatic carbocycles. The largest absolute Gasteiger partial charge is 0.465 e. The standard InChI is InChI=1S/C18H22N4O4/c1-3-20-11-9-19-17(20)16-6-4-5-10-21(16)13-7-8-15(22(24)25)14(12-13)18(23)26-2/h7-9,11-12,16H,3-6,10H2,1-2H3. The van der Waals surface area contributed by atoms with Crippen LogP contribution >= 0.6 is 0 Å². The van der Waals surface area contributed by atoms with E-state index in [0.29, 0.717) is 0 Å². The summed E-state index contributed by atoms with van der Waals surface area (Å²) < 4.78 is 6.83. The molecule has 1 atom stereocenters. The number of carbonyl (C=O) groups excluding carboxylic acids is 1. The average Bonchev–Trinajstić information content (AvgIpc) is 3.15. The molecule has 0 saturated carbocycles. The summed E-state index contributed by atoms with van der Waals surface area (Å²) in [5.74, 6) is 0.271. The van der Waals surface area contributed by atoms with Gasteiger partial charge in [-0.3, -0.25) is 10.1 Å². The maximum absolute atomic E-state index is 12.0. The van der Waals surface area contributed by atoms with E-state index >= 15 is 0 Å². The van der Waals surface area contributed by atoms with E-state index in [9.17, 15) is 14.9 Å². The third-order valence-electron chi connectivity index (χ3n) is 4.80. The Kier molecular flexibility index (Phi) is 5.20. The Morgan fingerprint density at radius 1 is 1.42 bits per heavy atom. The lowest BCUT2D eigenvalue weighted by Crippen LogP contribution is -2.35. The van der Waals surface area contributed by atoms with Crippen molar-refractivity contribution in [1.29, 1.82) is 0 Å². The summed E-state index contributed by atoms with van der Waals surface area (Å²) in [6.45, 7) is 3.70. The lowest BCUT2D eigenvalue weighted by molar-refractivity contribution is -0.385. The number of aromatic nitrogens is 2. The smallest absolute Gasteiger partial charge is 0.344 e. The van der Waals surface area contributed by atoms with Gasteiger partial charge >= 0.3 is 5.97 Å². The number of hydrogen-bond acceptors (Lipinski definition) is 6. The van der Waals surface area contributed by atoms with Crippen LogP contribution in [0.4, 0.5) is 11.4 Å². The molecule has 0 N–H and O–H groups in total. The lowest BCUT2D eigenvalue weighted by Gasteiger charge is -2.37. The zero-order valence-electron chi connectivity index (χ0n) is 14.9. The molecule has 26 heavy (non-hydrogen) atoms. The Morgan fingerprint density at radius 2 is 2.23 bits per heavy atom. The Balaban J connectivity index is 2.02. The van der Waals surface area contributed by atoms with E-state index in [1.165, 1.54) is 13.2 Å². The summed E-state index contributed by atoms with van der Waals surface area (Å²) in [6, 6.07) is 4.70. The normalized spacial score (nSPS) is 17.2. The highest BCUT2D eigenvalue weighted by Crippen LogP contribution is 2.36. The molecular formula is C18H22N4O4. The minimum absolute atomic E-state index is 0.0295. The Morgan fingerprint density at radius 3 is 2.92 bits per heavy atom. The van der Waals surface area contributed by atoms with E-state index in [0.717, 1.165) is 43.9 Å². The second kappa shape index (κ2) is 7.55. The van der Waals surface area contributed by atoms with Crippen molar-refractivity contribution >= 4 is 17.3 Å². The van der Waals surface area contributed by atoms with Crippen molar-refractivity contribution < 1.29 is 14.5 Å². The average molecular weight is 358 g/mol. The Bertz CT molecular complexity index is 817. The number of esters is 1. The molecule has 0 radical (unpaired) electrons. The summed E-state index contributed by atoms with van der Waals surface area (Å²) in [5, 5.41) is 11.2. The highest BCUT2D eigenvalue weighted by Gasteiger charge is 2.30. The van der Waals surface area contributed by atoms with Gasteiger partial charge < -0.3 is 14.2 Å². The molecule has 1 aliphatic heterocycles. The van der Waals surface area contributed by atoms with Gasteiger partial charge in [0.05, 0.1) is 18.1 Å². The van der Waals surface area contributed by atoms with Gasteiger partial charge in [-0.05, 0) is 38.3 Å². The van der Waals surface area contributed by atoms with E-state index in [2.05, 4.69) is 21.4 Å². The van der Waals surface area contributed by atoms with Gasteiger partial charge in [-0.15, -0.1) is 0 Å². The van der Waals surface area contributed by atoms with Gasteiger partial charge in [0.2, 0.25) is 0 Å². The topological polar surface area (TPSA) is 90.5 Å². The fraction of sp³-hybridized carbons (Fsp3) is 0.444. The second-order valence-corrected chi connectivity index (χ2v) is 6.23. The zero-order valence-corrected chi connectivity index (χ0v) is 14.9. The van der Waals surface area contributed by atoms with Crippen LogP contribution in [0.15, 0.2) is 30.6 Å². The van der Waals surface area contributed by atoms with Gasteiger partial charge in [0.15, 0.2) is 0 Å². The predicted molar refractivity (Wildman–Crippen MR) is 96.3 cm³/mol. The van der Waals surface area contributed by atoms with Crippen LogP contribution in [-0.4, -0.2) is 34.1 Å². The molecule has 3 rings (SSSR count). The first-order chi connectivity index (χ1) is 12.6. The number of nitrogens with zero attached hydrogens (tertiary/aromatic N) is 4. The minimum atomic E-state index is -0.706. The van der Waals surface area contributed by atoms with Crippen molar-refractivity contribution in [2.45, 2.75) is 38.8 Å². The van der Waals surface area contributed by atoms with Crippen molar-refractivity contribution in [1.82, 2.24) is 9.55 Å². The quantitative estimate of drug-likeness (QED) is 0.463. The fourth-order valence-corrected chi connectivity index (χ4v) is 3.53. The number of anilines is 1. The van der Waals surface area contributed by atoms with Crippen LogP contribution in [0.5, 0.6) is 0 Å². The molecule has 138 valence electrons. The minimum Gasteiger partial charge on any atom is -0.465 e. The summed E-state index contributed by atoms with van der Waals surface area (Å²) in [6.07, 6.45) is 6.81. The molecule has 0 bridgehead atoms. The number of nitro benzene ring substituents is 1. The summed E-state index contributed by atoms with van der Waals surface area (Å²) in [4.78, 5) is 29.4. The van der Waals surface area contributed by atoms with Gasteiger partial charge in [0.25, 0.3) is 5.69 Å². The molecule has 1 saturated heterocycles. The van der Waals surface area contributed by atoms with Crippen molar-refractivity contribution in [2.75, 3.05) is 18.6 Å². The number of nitro groups is 1. The Labute approximate surface area is 151 Å². The van der Waals surface area contributed by atoms with Gasteiger partial charge in [-0.2, -0.15) is 0 Å². The molecule has 1 aromatic carbocycles. The number of methoxy groups -OCH3 is 1. The summed E-state index contributed by atoms with van der Waals surface area (Å²) in [5.41, 5.74) is 0.494. The highest BCUT2D eigenvalue weighted by molar-refractivity contribution is 5.95. The van der Waals surface area contributed by atoms with E-state index in [4.69, 9.17) is 4.74 Å². The van der Waals surface area contributed by atoms with Gasteiger partial charge in [0.1, 0.15) is 11.4 Å². The molecule has 8 nitrogen and oxygen atoms in total. The van der Waals surface area contributed by atoms with Crippen molar-refractivity contribution in [3.05, 3.63) is 52.1 Å². The van der Waals surface area contributed by atoms with Crippen LogP contribution in [0.2, 0.25) is 0 Å². The van der Waals surface area contributed by atoms with Gasteiger partial charge in [0, 0.05) is 37.2 Å². The third kappa shape index (κ3) is 3.26. The maximum Gasteiger partial charge on any atom is 0.344 e. The molecule has 1 aliphatic rings. The third-order valence-corrected chi connectivity index (χ3v) is 4.80. The molecule has 8 heteroatoms. The van der Waals surface area contributed by atoms with Gasteiger partial charge in [-0.1, -0.05) is 0 Å². The van der Waals surface area contributed by atoms with Crippen molar-refractivity contribution in [3.63, 3.8) is 0 Å². The fourth-order valence-electron chi connectivity index (χ4n) is 3.53. The van der Waals surface area contributed by atoms with E-state index < -0.39 is 10.9 Å². The first kappa shape index (κ1) is 17.9. The van der Waals surface area contributed by atoms with Crippen LogP contribution in [0.25, 0.3) is 0 Å². The first-order valence-electron chi connectivity index (χ1n) is 8.71. The highest BCUT2D eigenvalue weighted by atomic mass is 16.6. The number of imidazole rings is 1. The maximum atomic E-state index is 12.0. The number of benzene rings is 1. The van der Waals surface area contributed by atoms with Crippen LogP contribution < -0.4 is 4.90 Å². The molecule has 0 spiro atoms. The van der Waals surface area contributed by atoms with Crippen molar-refractivity contribution in [3.8, 4) is 0 Å². The Hall–Kier alpha value is -2.90. The van der Waals surface area contributed by atoms with E-state index in [1.807, 2.05) is 6.20 Å². The number of rotatable bonds is 5. The second-order valence-electron chi connectivity index (χ2n) is 6.23. The number of carbonyl (C=O) groups is 1. The number of ether oxygens (including phenoxy) is 1. The number of aryl methyl sites for hydroxylation is 1. The molecular weight excluding hydrogens is 336 g/mol. The molecule has 1 unspecified atom stereocenters. The molecule has 0 amide bonds. The molecule has 2 heterocycles. The monoisotopic (exact) mass is 358 g/mol. The number of piperidine rings is 1. The molecule has 2 aromatic rings. The van der Waals surface area contributed by atoms with Crippen LogP contribution in [0.1, 0.15) is 48.4 Å². The SMILES string of the molecule is CCn1ccnc1C1CCCCN1c1ccc([N+](=O)[O-])c(C(=O)OC)c1. The number of hydrogen-bond donors (Lipinski definition) is 0.